The molecule has 0 unspecified atom stereocenters. The maximum atomic E-state index is 12.7. The van der Waals surface area contributed by atoms with Crippen LogP contribution in [0.15, 0.2) is 83.9 Å². The number of fused-ring (bicyclic) bond motifs is 1. The fourth-order valence-electron chi connectivity index (χ4n) is 2.75. The Bertz CT molecular complexity index is 1000. The summed E-state index contributed by atoms with van der Waals surface area (Å²) in [6, 6.07) is 21.7. The van der Waals surface area contributed by atoms with Gasteiger partial charge in [-0.25, -0.2) is 4.68 Å². The Morgan fingerprint density at radius 3 is 2.30 bits per heavy atom. The fourth-order valence-corrected chi connectivity index (χ4v) is 2.75. The minimum Gasteiger partial charge on any atom is -0.310 e. The smallest absolute Gasteiger partial charge is 0.261 e. The van der Waals surface area contributed by atoms with Crippen LogP contribution in [0, 0.1) is 0 Å². The van der Waals surface area contributed by atoms with Gasteiger partial charge >= 0.3 is 0 Å². The second kappa shape index (κ2) is 5.57. The maximum absolute atomic E-state index is 12.7. The van der Waals surface area contributed by atoms with Gasteiger partial charge in [0.05, 0.1) is 29.3 Å². The van der Waals surface area contributed by atoms with E-state index in [1.807, 2.05) is 72.9 Å². The molecule has 0 aliphatic rings. The molecule has 4 heteroatoms. The first-order valence-electron chi connectivity index (χ1n) is 7.49. The molecule has 0 saturated heterocycles. The van der Waals surface area contributed by atoms with Crippen LogP contribution in [0.3, 0.4) is 0 Å². The van der Waals surface area contributed by atoms with Crippen molar-refractivity contribution in [3.05, 3.63) is 95.0 Å². The van der Waals surface area contributed by atoms with Gasteiger partial charge in [0, 0.05) is 6.20 Å². The van der Waals surface area contributed by atoms with Crippen molar-refractivity contribution < 1.29 is 0 Å². The molecular weight excluding hydrogens is 286 g/mol. The Morgan fingerprint density at radius 2 is 1.57 bits per heavy atom. The largest absolute Gasteiger partial charge is 0.310 e. The first-order chi connectivity index (χ1) is 11.3. The van der Waals surface area contributed by atoms with Gasteiger partial charge in [0.1, 0.15) is 0 Å². The lowest BCUT2D eigenvalue weighted by Gasteiger charge is -2.07. The summed E-state index contributed by atoms with van der Waals surface area (Å²) in [6.07, 6.45) is 3.48. The fraction of sp³-hybridized carbons (Fsp3) is 0.0526. The Balaban J connectivity index is 1.80. The van der Waals surface area contributed by atoms with Crippen molar-refractivity contribution in [2.24, 2.45) is 0 Å². The van der Waals surface area contributed by atoms with E-state index in [0.29, 0.717) is 11.9 Å². The summed E-state index contributed by atoms with van der Waals surface area (Å²) in [5.41, 5.74) is 2.85. The second-order valence-electron chi connectivity index (χ2n) is 5.43. The average Bonchev–Trinajstić information content (AvgIpc) is 3.04. The molecule has 2 heterocycles. The number of nitrogens with zero attached hydrogens (tertiary/aromatic N) is 3. The maximum Gasteiger partial charge on any atom is 0.261 e. The first-order valence-corrected chi connectivity index (χ1v) is 7.49. The lowest BCUT2D eigenvalue weighted by molar-refractivity contribution is 0.767. The van der Waals surface area contributed by atoms with Crippen LogP contribution in [-0.2, 0) is 6.54 Å². The van der Waals surface area contributed by atoms with Gasteiger partial charge in [0.15, 0.2) is 0 Å². The van der Waals surface area contributed by atoms with E-state index in [2.05, 4.69) is 5.10 Å². The number of rotatable bonds is 3. The molecule has 4 aromatic rings. The molecule has 0 aliphatic carbocycles. The quantitative estimate of drug-likeness (QED) is 0.583. The molecule has 0 atom stereocenters. The SMILES string of the molecule is O=c1c2cnn(-c3ccccc3)c2ccn1Cc1ccccc1. The van der Waals surface area contributed by atoms with Crippen LogP contribution < -0.4 is 5.56 Å². The van der Waals surface area contributed by atoms with Gasteiger partial charge in [-0.2, -0.15) is 5.10 Å². The molecule has 0 fully saturated rings. The molecule has 0 bridgehead atoms. The van der Waals surface area contributed by atoms with Crippen LogP contribution in [0.4, 0.5) is 0 Å². The molecule has 0 aliphatic heterocycles. The van der Waals surface area contributed by atoms with Gasteiger partial charge in [0.2, 0.25) is 0 Å². The molecule has 4 nitrogen and oxygen atoms in total. The highest BCUT2D eigenvalue weighted by atomic mass is 16.1. The van der Waals surface area contributed by atoms with Gasteiger partial charge < -0.3 is 4.57 Å². The van der Waals surface area contributed by atoms with Crippen molar-refractivity contribution >= 4 is 10.9 Å². The van der Waals surface area contributed by atoms with E-state index in [0.717, 1.165) is 16.8 Å². The number of para-hydroxylation sites is 1. The van der Waals surface area contributed by atoms with Crippen molar-refractivity contribution in [1.29, 1.82) is 0 Å². The van der Waals surface area contributed by atoms with E-state index < -0.39 is 0 Å². The van der Waals surface area contributed by atoms with Crippen LogP contribution in [0.25, 0.3) is 16.6 Å². The Morgan fingerprint density at radius 1 is 0.870 bits per heavy atom. The van der Waals surface area contributed by atoms with Gasteiger partial charge in [-0.05, 0) is 23.8 Å². The molecule has 4 rings (SSSR count). The molecule has 0 amide bonds. The summed E-state index contributed by atoms with van der Waals surface area (Å²) >= 11 is 0. The number of benzene rings is 2. The van der Waals surface area contributed by atoms with Gasteiger partial charge in [-0.1, -0.05) is 48.5 Å². The minimum absolute atomic E-state index is 0.0199. The standard InChI is InChI=1S/C19H15N3O/c23-19-17-13-20-22(16-9-5-2-6-10-16)18(17)11-12-21(19)14-15-7-3-1-4-8-15/h1-13H,14H2. The van der Waals surface area contributed by atoms with E-state index in [-0.39, 0.29) is 5.56 Å². The lowest BCUT2D eigenvalue weighted by atomic mass is 10.2. The van der Waals surface area contributed by atoms with E-state index >= 15 is 0 Å². The average molecular weight is 301 g/mol. The van der Waals surface area contributed by atoms with Crippen LogP contribution in [0.5, 0.6) is 0 Å². The van der Waals surface area contributed by atoms with Crippen LogP contribution in [0.1, 0.15) is 5.56 Å². The highest BCUT2D eigenvalue weighted by Crippen LogP contribution is 2.15. The third-order valence-electron chi connectivity index (χ3n) is 3.91. The molecule has 0 spiro atoms. The zero-order valence-electron chi connectivity index (χ0n) is 12.5. The van der Waals surface area contributed by atoms with Crippen LogP contribution in [0.2, 0.25) is 0 Å². The topological polar surface area (TPSA) is 39.8 Å². The van der Waals surface area contributed by atoms with E-state index in [1.165, 1.54) is 0 Å². The lowest BCUT2D eigenvalue weighted by Crippen LogP contribution is -2.19. The molecule has 0 radical (unpaired) electrons. The van der Waals surface area contributed by atoms with Gasteiger partial charge in [-0.15, -0.1) is 0 Å². The third kappa shape index (κ3) is 2.44. The van der Waals surface area contributed by atoms with Crippen LogP contribution in [-0.4, -0.2) is 14.3 Å². The zero-order chi connectivity index (χ0) is 15.6. The van der Waals surface area contributed by atoms with E-state index in [9.17, 15) is 4.79 Å². The summed E-state index contributed by atoms with van der Waals surface area (Å²) < 4.78 is 3.51. The predicted molar refractivity (Wildman–Crippen MR) is 90.9 cm³/mol. The van der Waals surface area contributed by atoms with Crippen molar-refractivity contribution in [1.82, 2.24) is 14.3 Å². The second-order valence-corrected chi connectivity index (χ2v) is 5.43. The number of aromatic nitrogens is 3. The molecule has 2 aromatic carbocycles. The van der Waals surface area contributed by atoms with Gasteiger partial charge in [-0.3, -0.25) is 4.79 Å². The summed E-state index contributed by atoms with van der Waals surface area (Å²) in [7, 11) is 0. The summed E-state index contributed by atoms with van der Waals surface area (Å²) in [5.74, 6) is 0. The molecule has 0 saturated carbocycles. The number of hydrogen-bond acceptors (Lipinski definition) is 2. The van der Waals surface area contributed by atoms with Crippen molar-refractivity contribution in [3.8, 4) is 5.69 Å². The van der Waals surface area contributed by atoms with Crippen molar-refractivity contribution in [3.63, 3.8) is 0 Å². The van der Waals surface area contributed by atoms with Gasteiger partial charge in [0.25, 0.3) is 5.56 Å². The highest BCUT2D eigenvalue weighted by molar-refractivity contribution is 5.79. The van der Waals surface area contributed by atoms with Crippen molar-refractivity contribution in [2.45, 2.75) is 6.54 Å². The molecule has 2 aromatic heterocycles. The zero-order valence-corrected chi connectivity index (χ0v) is 12.5. The number of pyridine rings is 1. The molecular formula is C19H15N3O. The summed E-state index contributed by atoms with van der Waals surface area (Å²) in [5, 5.41) is 5.01. The Labute approximate surface area is 133 Å². The summed E-state index contributed by atoms with van der Waals surface area (Å²) in [4.78, 5) is 12.7. The molecule has 112 valence electrons. The highest BCUT2D eigenvalue weighted by Gasteiger charge is 2.09. The molecule has 23 heavy (non-hydrogen) atoms. The summed E-state index contributed by atoms with van der Waals surface area (Å²) in [6.45, 7) is 0.562. The monoisotopic (exact) mass is 301 g/mol. The Hall–Kier alpha value is -3.14. The predicted octanol–water partition coefficient (Wildman–Crippen LogP) is 3.24. The first kappa shape index (κ1) is 13.5. The minimum atomic E-state index is -0.0199. The van der Waals surface area contributed by atoms with E-state index in [4.69, 9.17) is 0 Å². The molecule has 0 N–H and O–H groups in total. The Kier molecular flexibility index (Phi) is 3.27. The van der Waals surface area contributed by atoms with Crippen molar-refractivity contribution in [2.75, 3.05) is 0 Å². The third-order valence-corrected chi connectivity index (χ3v) is 3.91. The normalized spacial score (nSPS) is 11.0. The van der Waals surface area contributed by atoms with Crippen LogP contribution >= 0.6 is 0 Å². The number of hydrogen-bond donors (Lipinski definition) is 0. The van der Waals surface area contributed by atoms with E-state index in [1.54, 1.807) is 15.4 Å².